The summed E-state index contributed by atoms with van der Waals surface area (Å²) in [4.78, 5) is 33.9. The third-order valence-corrected chi connectivity index (χ3v) is 4.32. The Kier molecular flexibility index (Phi) is 4.58. The summed E-state index contributed by atoms with van der Waals surface area (Å²) < 4.78 is 10.7. The van der Waals surface area contributed by atoms with Crippen molar-refractivity contribution in [1.29, 1.82) is 0 Å². The lowest BCUT2D eigenvalue weighted by molar-refractivity contribution is 0.0709. The van der Waals surface area contributed by atoms with E-state index in [1.807, 2.05) is 13.8 Å². The minimum absolute atomic E-state index is 0.0425. The molecule has 3 heterocycles. The maximum atomic E-state index is 12.8. The van der Waals surface area contributed by atoms with E-state index in [9.17, 15) is 9.59 Å². The largest absolute Gasteiger partial charge is 0.446 e. The van der Waals surface area contributed by atoms with Crippen molar-refractivity contribution in [2.75, 3.05) is 6.54 Å². The van der Waals surface area contributed by atoms with Crippen LogP contribution in [0.2, 0.25) is 0 Å². The molecule has 0 aliphatic carbocycles. The molecule has 2 aromatic heterocycles. The molecule has 25 heavy (non-hydrogen) atoms. The van der Waals surface area contributed by atoms with E-state index >= 15 is 0 Å². The summed E-state index contributed by atoms with van der Waals surface area (Å²) >= 11 is 0. The molecule has 1 saturated heterocycles. The minimum atomic E-state index is -0.672. The first-order valence-electron chi connectivity index (χ1n) is 8.15. The first-order valence-corrected chi connectivity index (χ1v) is 8.15. The van der Waals surface area contributed by atoms with Crippen LogP contribution in [0, 0.1) is 5.92 Å². The molecular weight excluding hydrogens is 326 g/mol. The highest BCUT2D eigenvalue weighted by Crippen LogP contribution is 2.32. The fourth-order valence-electron chi connectivity index (χ4n) is 2.79. The summed E-state index contributed by atoms with van der Waals surface area (Å²) in [5.74, 6) is -0.189. The Morgan fingerprint density at radius 1 is 1.24 bits per heavy atom. The number of hydrogen-bond acceptors (Lipinski definition) is 7. The molecular formula is C16H21N5O4. The number of primary amides is 1. The van der Waals surface area contributed by atoms with E-state index in [4.69, 9.17) is 20.3 Å². The minimum Gasteiger partial charge on any atom is -0.446 e. The van der Waals surface area contributed by atoms with Crippen LogP contribution in [0.15, 0.2) is 21.4 Å². The zero-order valence-electron chi connectivity index (χ0n) is 14.1. The van der Waals surface area contributed by atoms with Gasteiger partial charge in [-0.15, -0.1) is 0 Å². The Hall–Kier alpha value is -2.68. The van der Waals surface area contributed by atoms with Gasteiger partial charge >= 0.3 is 0 Å². The summed E-state index contributed by atoms with van der Waals surface area (Å²) in [6.45, 7) is 4.44. The van der Waals surface area contributed by atoms with Gasteiger partial charge in [0.2, 0.25) is 11.8 Å². The first-order chi connectivity index (χ1) is 11.9. The van der Waals surface area contributed by atoms with Gasteiger partial charge in [-0.1, -0.05) is 13.8 Å². The molecule has 0 radical (unpaired) electrons. The Balaban J connectivity index is 1.80. The van der Waals surface area contributed by atoms with Crippen LogP contribution >= 0.6 is 0 Å². The van der Waals surface area contributed by atoms with Crippen LogP contribution in [0.1, 0.15) is 71.5 Å². The average molecular weight is 347 g/mol. The van der Waals surface area contributed by atoms with Crippen molar-refractivity contribution in [3.63, 3.8) is 0 Å². The second kappa shape index (κ2) is 6.67. The van der Waals surface area contributed by atoms with Crippen LogP contribution in [0.5, 0.6) is 0 Å². The molecule has 0 bridgehead atoms. The molecule has 3 rings (SSSR count). The van der Waals surface area contributed by atoms with Crippen molar-refractivity contribution in [1.82, 2.24) is 14.9 Å². The van der Waals surface area contributed by atoms with Crippen LogP contribution in [0.3, 0.4) is 0 Å². The number of aromatic nitrogens is 2. The predicted molar refractivity (Wildman–Crippen MR) is 86.3 cm³/mol. The Labute approximate surface area is 144 Å². The van der Waals surface area contributed by atoms with E-state index in [1.54, 1.807) is 4.90 Å². The molecule has 1 aliphatic heterocycles. The zero-order valence-corrected chi connectivity index (χ0v) is 14.1. The third kappa shape index (κ3) is 3.27. The van der Waals surface area contributed by atoms with Gasteiger partial charge in [0.15, 0.2) is 11.4 Å². The Bertz CT molecular complexity index is 781. The number of nitrogens with zero attached hydrogens (tertiary/aromatic N) is 3. The summed E-state index contributed by atoms with van der Waals surface area (Å²) in [6.07, 6.45) is 4.00. The maximum absolute atomic E-state index is 12.8. The SMILES string of the molecule is CC(C)[C@H](N)c1nc(C(=O)N2CCC[C@H]2c2nc(C(N)=O)co2)co1. The van der Waals surface area contributed by atoms with Gasteiger partial charge in [0, 0.05) is 6.54 Å². The monoisotopic (exact) mass is 347 g/mol. The fraction of sp³-hybridized carbons (Fsp3) is 0.500. The van der Waals surface area contributed by atoms with Crippen LogP contribution in [-0.2, 0) is 0 Å². The summed E-state index contributed by atoms with van der Waals surface area (Å²) in [6, 6.07) is -0.736. The molecule has 2 amide bonds. The molecule has 0 saturated carbocycles. The highest BCUT2D eigenvalue weighted by atomic mass is 16.3. The highest BCUT2D eigenvalue weighted by Gasteiger charge is 2.35. The van der Waals surface area contributed by atoms with Crippen molar-refractivity contribution in [2.24, 2.45) is 17.4 Å². The van der Waals surface area contributed by atoms with Gasteiger partial charge in [0.25, 0.3) is 11.8 Å². The molecule has 2 atom stereocenters. The quantitative estimate of drug-likeness (QED) is 0.832. The number of amides is 2. The molecule has 1 aliphatic rings. The molecule has 4 N–H and O–H groups in total. The third-order valence-electron chi connectivity index (χ3n) is 4.32. The lowest BCUT2D eigenvalue weighted by atomic mass is 10.1. The molecule has 0 spiro atoms. The maximum Gasteiger partial charge on any atom is 0.276 e. The van der Waals surface area contributed by atoms with Gasteiger partial charge in [0.05, 0.1) is 6.04 Å². The van der Waals surface area contributed by atoms with Gasteiger partial charge < -0.3 is 25.2 Å². The molecule has 2 aromatic rings. The second-order valence-corrected chi connectivity index (χ2v) is 6.43. The molecule has 9 nitrogen and oxygen atoms in total. The van der Waals surface area contributed by atoms with E-state index in [0.29, 0.717) is 24.7 Å². The van der Waals surface area contributed by atoms with Gasteiger partial charge in [-0.05, 0) is 18.8 Å². The lowest BCUT2D eigenvalue weighted by Crippen LogP contribution is -2.31. The zero-order chi connectivity index (χ0) is 18.1. The summed E-state index contributed by atoms with van der Waals surface area (Å²) in [5.41, 5.74) is 11.4. The first kappa shape index (κ1) is 17.2. The van der Waals surface area contributed by atoms with Crippen LogP contribution in [0.25, 0.3) is 0 Å². The predicted octanol–water partition coefficient (Wildman–Crippen LogP) is 1.39. The van der Waals surface area contributed by atoms with Crippen molar-refractivity contribution < 1.29 is 18.4 Å². The Morgan fingerprint density at radius 3 is 2.60 bits per heavy atom. The van der Waals surface area contributed by atoms with Crippen molar-refractivity contribution in [3.05, 3.63) is 35.7 Å². The molecule has 134 valence electrons. The van der Waals surface area contributed by atoms with Gasteiger partial charge in [-0.25, -0.2) is 9.97 Å². The molecule has 0 unspecified atom stereocenters. The van der Waals surface area contributed by atoms with E-state index in [2.05, 4.69) is 9.97 Å². The Morgan fingerprint density at radius 2 is 1.96 bits per heavy atom. The van der Waals surface area contributed by atoms with Crippen molar-refractivity contribution >= 4 is 11.8 Å². The number of hydrogen-bond donors (Lipinski definition) is 2. The van der Waals surface area contributed by atoms with Crippen LogP contribution in [-0.4, -0.2) is 33.2 Å². The standard InChI is InChI=1S/C16H21N5O4/c1-8(2)12(17)15-20-10(7-25-15)16(23)21-5-3-4-11(21)14-19-9(6-24-14)13(18)22/h6-8,11-12H,3-5,17H2,1-2H3,(H2,18,22)/t11-,12-/m0/s1. The molecule has 9 heteroatoms. The number of carbonyl (C=O) groups is 2. The fourth-order valence-corrected chi connectivity index (χ4v) is 2.79. The normalized spacial score (nSPS) is 18.7. The van der Waals surface area contributed by atoms with E-state index in [-0.39, 0.29) is 35.3 Å². The number of likely N-dealkylation sites (tertiary alicyclic amines) is 1. The average Bonchev–Trinajstić information content (AvgIpc) is 3.31. The van der Waals surface area contributed by atoms with Gasteiger partial charge in [-0.2, -0.15) is 0 Å². The molecule has 1 fully saturated rings. The van der Waals surface area contributed by atoms with Gasteiger partial charge in [0.1, 0.15) is 18.6 Å². The van der Waals surface area contributed by atoms with E-state index in [1.165, 1.54) is 12.5 Å². The van der Waals surface area contributed by atoms with E-state index < -0.39 is 5.91 Å². The summed E-state index contributed by atoms with van der Waals surface area (Å²) in [7, 11) is 0. The van der Waals surface area contributed by atoms with Gasteiger partial charge in [-0.3, -0.25) is 9.59 Å². The smallest absolute Gasteiger partial charge is 0.276 e. The van der Waals surface area contributed by atoms with Crippen LogP contribution in [0.4, 0.5) is 0 Å². The van der Waals surface area contributed by atoms with Crippen molar-refractivity contribution in [2.45, 2.75) is 38.8 Å². The number of carbonyl (C=O) groups excluding carboxylic acids is 2. The van der Waals surface area contributed by atoms with Crippen LogP contribution < -0.4 is 11.5 Å². The summed E-state index contributed by atoms with van der Waals surface area (Å²) in [5, 5.41) is 0. The number of nitrogens with two attached hydrogens (primary N) is 2. The topological polar surface area (TPSA) is 141 Å². The number of oxazole rings is 2. The highest BCUT2D eigenvalue weighted by molar-refractivity contribution is 5.92. The van der Waals surface area contributed by atoms with Crippen molar-refractivity contribution in [3.8, 4) is 0 Å². The molecule has 0 aromatic carbocycles. The number of rotatable bonds is 5. The van der Waals surface area contributed by atoms with E-state index in [0.717, 1.165) is 6.42 Å². The lowest BCUT2D eigenvalue weighted by Gasteiger charge is -2.21. The second-order valence-electron chi connectivity index (χ2n) is 6.43.